The molecule has 1 aliphatic heterocycles. The number of nitrogens with one attached hydrogen (secondary N) is 1. The van der Waals surface area contributed by atoms with Crippen LogP contribution in [0, 0.1) is 25.6 Å². The van der Waals surface area contributed by atoms with E-state index in [2.05, 4.69) is 20.2 Å². The summed E-state index contributed by atoms with van der Waals surface area (Å²) in [6.45, 7) is 5.04. The van der Waals surface area contributed by atoms with Gasteiger partial charge in [0.1, 0.15) is 11.6 Å². The SMILES string of the molecule is Cc1ccc(Oc2nccnc2N2CCC(C(=O)Nc3ccc(F)c(C)c3)CC2)cc1. The summed E-state index contributed by atoms with van der Waals surface area (Å²) in [5.74, 6) is 1.41. The molecule has 0 radical (unpaired) electrons. The molecule has 0 saturated carbocycles. The number of hydrogen-bond acceptors (Lipinski definition) is 5. The molecule has 1 amide bonds. The maximum absolute atomic E-state index is 13.4. The van der Waals surface area contributed by atoms with Gasteiger partial charge in [-0.05, 0) is 62.6 Å². The van der Waals surface area contributed by atoms with Gasteiger partial charge < -0.3 is 15.0 Å². The molecule has 0 aliphatic carbocycles. The van der Waals surface area contributed by atoms with Crippen LogP contribution in [0.3, 0.4) is 0 Å². The molecule has 4 rings (SSSR count). The summed E-state index contributed by atoms with van der Waals surface area (Å²) < 4.78 is 19.4. The van der Waals surface area contributed by atoms with Crippen molar-refractivity contribution in [1.82, 2.24) is 9.97 Å². The molecule has 1 saturated heterocycles. The molecular formula is C24H25FN4O2. The third-order valence-corrected chi connectivity index (χ3v) is 5.47. The van der Waals surface area contributed by atoms with Crippen molar-refractivity contribution in [2.24, 2.45) is 5.92 Å². The highest BCUT2D eigenvalue weighted by Gasteiger charge is 2.27. The van der Waals surface area contributed by atoms with Crippen molar-refractivity contribution < 1.29 is 13.9 Å². The Hall–Kier alpha value is -3.48. The van der Waals surface area contributed by atoms with Crippen molar-refractivity contribution in [3.8, 4) is 11.6 Å². The predicted octanol–water partition coefficient (Wildman–Crippen LogP) is 4.88. The first kappa shape index (κ1) is 20.8. The summed E-state index contributed by atoms with van der Waals surface area (Å²) in [5.41, 5.74) is 2.29. The molecule has 31 heavy (non-hydrogen) atoms. The lowest BCUT2D eigenvalue weighted by Gasteiger charge is -2.32. The van der Waals surface area contributed by atoms with E-state index in [4.69, 9.17) is 4.74 Å². The summed E-state index contributed by atoms with van der Waals surface area (Å²) >= 11 is 0. The van der Waals surface area contributed by atoms with Crippen LogP contribution in [0.25, 0.3) is 0 Å². The molecule has 1 N–H and O–H groups in total. The fourth-order valence-electron chi connectivity index (χ4n) is 3.65. The number of aryl methyl sites for hydroxylation is 2. The maximum atomic E-state index is 13.4. The molecule has 160 valence electrons. The first-order valence-corrected chi connectivity index (χ1v) is 10.4. The molecule has 0 atom stereocenters. The van der Waals surface area contributed by atoms with Gasteiger partial charge in [-0.3, -0.25) is 4.79 Å². The lowest BCUT2D eigenvalue weighted by Crippen LogP contribution is -2.38. The van der Waals surface area contributed by atoms with Crippen LogP contribution in [0.1, 0.15) is 24.0 Å². The highest BCUT2D eigenvalue weighted by Crippen LogP contribution is 2.31. The number of amides is 1. The minimum Gasteiger partial charge on any atom is -0.436 e. The number of halogens is 1. The van der Waals surface area contributed by atoms with Gasteiger partial charge in [-0.1, -0.05) is 17.7 Å². The van der Waals surface area contributed by atoms with Crippen LogP contribution in [0.4, 0.5) is 15.9 Å². The van der Waals surface area contributed by atoms with Crippen molar-refractivity contribution in [2.75, 3.05) is 23.3 Å². The molecule has 3 aromatic rings. The molecular weight excluding hydrogens is 395 g/mol. The van der Waals surface area contributed by atoms with Gasteiger partial charge in [0.15, 0.2) is 5.82 Å². The Labute approximate surface area is 181 Å². The second-order valence-corrected chi connectivity index (χ2v) is 7.81. The average molecular weight is 420 g/mol. The van der Waals surface area contributed by atoms with Gasteiger partial charge in [0.05, 0.1) is 0 Å². The molecule has 2 aromatic carbocycles. The number of carbonyl (C=O) groups is 1. The number of rotatable bonds is 5. The van der Waals surface area contributed by atoms with E-state index in [1.807, 2.05) is 31.2 Å². The number of hydrogen-bond donors (Lipinski definition) is 1. The molecule has 1 aromatic heterocycles. The minimum atomic E-state index is -0.279. The third-order valence-electron chi connectivity index (χ3n) is 5.47. The number of nitrogens with zero attached hydrogens (tertiary/aromatic N) is 3. The standard InChI is InChI=1S/C24H25FN4O2/c1-16-3-6-20(7-4-16)31-24-22(26-11-12-27-24)29-13-9-18(10-14-29)23(30)28-19-5-8-21(25)17(2)15-19/h3-8,11-12,15,18H,9-10,13-14H2,1-2H3,(H,28,30). The Morgan fingerprint density at radius 2 is 1.77 bits per heavy atom. The van der Waals surface area contributed by atoms with E-state index in [9.17, 15) is 9.18 Å². The van der Waals surface area contributed by atoms with Crippen LogP contribution in [-0.2, 0) is 4.79 Å². The molecule has 2 heterocycles. The maximum Gasteiger partial charge on any atom is 0.263 e. The van der Waals surface area contributed by atoms with E-state index in [1.54, 1.807) is 31.5 Å². The molecule has 0 bridgehead atoms. The number of ether oxygens (including phenoxy) is 1. The summed E-state index contributed by atoms with van der Waals surface area (Å²) in [5, 5.41) is 2.91. The lowest BCUT2D eigenvalue weighted by molar-refractivity contribution is -0.120. The summed E-state index contributed by atoms with van der Waals surface area (Å²) in [4.78, 5) is 23.6. The Morgan fingerprint density at radius 3 is 2.48 bits per heavy atom. The minimum absolute atomic E-state index is 0.0408. The van der Waals surface area contributed by atoms with Crippen molar-refractivity contribution >= 4 is 17.4 Å². The Morgan fingerprint density at radius 1 is 1.06 bits per heavy atom. The van der Waals surface area contributed by atoms with Gasteiger partial charge >= 0.3 is 0 Å². The molecule has 1 aliphatic rings. The van der Waals surface area contributed by atoms with Crippen LogP contribution in [0.5, 0.6) is 11.6 Å². The number of aromatic nitrogens is 2. The predicted molar refractivity (Wildman–Crippen MR) is 118 cm³/mol. The Kier molecular flexibility index (Phi) is 6.11. The Balaban J connectivity index is 1.39. The molecule has 6 nitrogen and oxygen atoms in total. The highest BCUT2D eigenvalue weighted by atomic mass is 19.1. The number of anilines is 2. The van der Waals surface area contributed by atoms with Crippen LogP contribution < -0.4 is 15.0 Å². The number of piperidine rings is 1. The van der Waals surface area contributed by atoms with Crippen LogP contribution in [0.15, 0.2) is 54.9 Å². The molecule has 1 fully saturated rings. The summed E-state index contributed by atoms with van der Waals surface area (Å²) in [6, 6.07) is 12.4. The van der Waals surface area contributed by atoms with Gasteiger partial charge in [-0.25, -0.2) is 14.4 Å². The van der Waals surface area contributed by atoms with Crippen molar-refractivity contribution in [2.45, 2.75) is 26.7 Å². The zero-order valence-corrected chi connectivity index (χ0v) is 17.6. The van der Waals surface area contributed by atoms with Gasteiger partial charge in [-0.2, -0.15) is 0 Å². The van der Waals surface area contributed by atoms with Crippen LogP contribution in [-0.4, -0.2) is 29.0 Å². The average Bonchev–Trinajstić information content (AvgIpc) is 2.78. The van der Waals surface area contributed by atoms with E-state index >= 15 is 0 Å². The van der Waals surface area contributed by atoms with Crippen molar-refractivity contribution in [1.29, 1.82) is 0 Å². The first-order chi connectivity index (χ1) is 15.0. The molecule has 0 unspecified atom stereocenters. The zero-order valence-electron chi connectivity index (χ0n) is 17.6. The van der Waals surface area contributed by atoms with Crippen LogP contribution >= 0.6 is 0 Å². The number of benzene rings is 2. The van der Waals surface area contributed by atoms with E-state index in [0.29, 0.717) is 54.6 Å². The molecule has 7 heteroatoms. The van der Waals surface area contributed by atoms with E-state index in [0.717, 1.165) is 5.56 Å². The van der Waals surface area contributed by atoms with Crippen molar-refractivity contribution in [3.63, 3.8) is 0 Å². The molecule has 0 spiro atoms. The lowest BCUT2D eigenvalue weighted by atomic mass is 9.95. The largest absolute Gasteiger partial charge is 0.436 e. The van der Waals surface area contributed by atoms with Gasteiger partial charge in [0, 0.05) is 37.1 Å². The van der Waals surface area contributed by atoms with Gasteiger partial charge in [0.25, 0.3) is 5.88 Å². The highest BCUT2D eigenvalue weighted by molar-refractivity contribution is 5.92. The van der Waals surface area contributed by atoms with Gasteiger partial charge in [0.2, 0.25) is 5.91 Å². The van der Waals surface area contributed by atoms with Gasteiger partial charge in [-0.15, -0.1) is 0 Å². The van der Waals surface area contributed by atoms with Crippen molar-refractivity contribution in [3.05, 3.63) is 71.8 Å². The summed E-state index contributed by atoms with van der Waals surface area (Å²) in [7, 11) is 0. The topological polar surface area (TPSA) is 67.4 Å². The second kappa shape index (κ2) is 9.12. The first-order valence-electron chi connectivity index (χ1n) is 10.4. The monoisotopic (exact) mass is 420 g/mol. The quantitative estimate of drug-likeness (QED) is 0.637. The zero-order chi connectivity index (χ0) is 21.8. The fourth-order valence-corrected chi connectivity index (χ4v) is 3.65. The summed E-state index contributed by atoms with van der Waals surface area (Å²) in [6.07, 6.45) is 4.63. The normalized spacial score (nSPS) is 14.4. The van der Waals surface area contributed by atoms with E-state index in [1.165, 1.54) is 6.07 Å². The smallest absolute Gasteiger partial charge is 0.263 e. The third kappa shape index (κ3) is 4.99. The fraction of sp³-hybridized carbons (Fsp3) is 0.292. The van der Waals surface area contributed by atoms with E-state index in [-0.39, 0.29) is 17.6 Å². The van der Waals surface area contributed by atoms with E-state index < -0.39 is 0 Å². The Bertz CT molecular complexity index is 1060. The second-order valence-electron chi connectivity index (χ2n) is 7.81. The van der Waals surface area contributed by atoms with Crippen LogP contribution in [0.2, 0.25) is 0 Å². The number of carbonyl (C=O) groups excluding carboxylic acids is 1.